The third-order valence-corrected chi connectivity index (χ3v) is 7.76. The fourth-order valence-corrected chi connectivity index (χ4v) is 5.75. The first-order valence-electron chi connectivity index (χ1n) is 8.62. The standard InChI is InChI=1S/C18H19N3O4S2/c1-12-16(27(23,24)21-9-5-6-10-21)11-14(25-12)17(22)20(2)18-19-13-7-3-4-8-15(13)26-18/h3-4,7-8,11H,5-6,9-10H2,1-2H3. The smallest absolute Gasteiger partial charge is 0.295 e. The predicted molar refractivity (Wildman–Crippen MR) is 104 cm³/mol. The molecular weight excluding hydrogens is 386 g/mol. The molecule has 0 radical (unpaired) electrons. The van der Waals surface area contributed by atoms with Crippen molar-refractivity contribution in [1.29, 1.82) is 0 Å². The number of carbonyl (C=O) groups excluding carboxylic acids is 1. The van der Waals surface area contributed by atoms with E-state index in [0.29, 0.717) is 18.2 Å². The number of fused-ring (bicyclic) bond motifs is 1. The molecular formula is C18H19N3O4S2. The molecule has 2 aromatic heterocycles. The third-order valence-electron chi connectivity index (χ3n) is 4.64. The third kappa shape index (κ3) is 3.15. The van der Waals surface area contributed by atoms with Crippen molar-refractivity contribution in [2.75, 3.05) is 25.0 Å². The number of benzene rings is 1. The van der Waals surface area contributed by atoms with E-state index in [9.17, 15) is 13.2 Å². The van der Waals surface area contributed by atoms with Crippen molar-refractivity contribution >= 4 is 42.6 Å². The Labute approximate surface area is 161 Å². The normalized spacial score (nSPS) is 15.5. The highest BCUT2D eigenvalue weighted by Crippen LogP contribution is 2.30. The fraction of sp³-hybridized carbons (Fsp3) is 0.333. The van der Waals surface area contributed by atoms with Crippen molar-refractivity contribution in [3.8, 4) is 0 Å². The van der Waals surface area contributed by atoms with E-state index < -0.39 is 15.9 Å². The maximum absolute atomic E-state index is 12.8. The van der Waals surface area contributed by atoms with E-state index in [0.717, 1.165) is 23.1 Å². The number of sulfonamides is 1. The summed E-state index contributed by atoms with van der Waals surface area (Å²) in [5.41, 5.74) is 0.810. The molecule has 3 heterocycles. The number of furan rings is 1. The summed E-state index contributed by atoms with van der Waals surface area (Å²) in [6, 6.07) is 8.95. The van der Waals surface area contributed by atoms with Crippen LogP contribution in [0.5, 0.6) is 0 Å². The number of hydrogen-bond donors (Lipinski definition) is 0. The molecule has 4 rings (SSSR count). The van der Waals surface area contributed by atoms with Crippen molar-refractivity contribution in [2.45, 2.75) is 24.7 Å². The van der Waals surface area contributed by atoms with Crippen molar-refractivity contribution in [1.82, 2.24) is 9.29 Å². The van der Waals surface area contributed by atoms with E-state index in [-0.39, 0.29) is 16.4 Å². The van der Waals surface area contributed by atoms with Gasteiger partial charge < -0.3 is 4.42 Å². The molecule has 0 N–H and O–H groups in total. The molecule has 27 heavy (non-hydrogen) atoms. The molecule has 1 amide bonds. The highest BCUT2D eigenvalue weighted by molar-refractivity contribution is 7.89. The highest BCUT2D eigenvalue weighted by Gasteiger charge is 2.32. The number of hydrogen-bond acceptors (Lipinski definition) is 6. The van der Waals surface area contributed by atoms with Gasteiger partial charge in [-0.25, -0.2) is 13.4 Å². The van der Waals surface area contributed by atoms with E-state index in [1.165, 1.54) is 26.6 Å². The number of amides is 1. The zero-order chi connectivity index (χ0) is 19.2. The van der Waals surface area contributed by atoms with Gasteiger partial charge >= 0.3 is 0 Å². The molecule has 0 atom stereocenters. The molecule has 1 aliphatic rings. The maximum atomic E-state index is 12.8. The van der Waals surface area contributed by atoms with Crippen LogP contribution in [-0.4, -0.2) is 43.8 Å². The summed E-state index contributed by atoms with van der Waals surface area (Å²) in [5.74, 6) is -0.213. The van der Waals surface area contributed by atoms with Crippen molar-refractivity contribution < 1.29 is 17.6 Å². The lowest BCUT2D eigenvalue weighted by Gasteiger charge is -2.14. The summed E-state index contributed by atoms with van der Waals surface area (Å²) < 4.78 is 33.5. The minimum Gasteiger partial charge on any atom is -0.455 e. The van der Waals surface area contributed by atoms with Gasteiger partial charge in [0.15, 0.2) is 10.9 Å². The molecule has 142 valence electrons. The Bertz CT molecular complexity index is 1080. The number of para-hydroxylation sites is 1. The topological polar surface area (TPSA) is 83.7 Å². The van der Waals surface area contributed by atoms with Gasteiger partial charge in [0.2, 0.25) is 10.0 Å². The van der Waals surface area contributed by atoms with Crippen LogP contribution in [0.4, 0.5) is 5.13 Å². The summed E-state index contributed by atoms with van der Waals surface area (Å²) in [7, 11) is -2.03. The molecule has 1 saturated heterocycles. The summed E-state index contributed by atoms with van der Waals surface area (Å²) >= 11 is 1.39. The van der Waals surface area contributed by atoms with Gasteiger partial charge in [-0.3, -0.25) is 9.69 Å². The van der Waals surface area contributed by atoms with Crippen molar-refractivity contribution in [3.63, 3.8) is 0 Å². The lowest BCUT2D eigenvalue weighted by atomic mass is 10.3. The molecule has 3 aromatic rings. The quantitative estimate of drug-likeness (QED) is 0.665. The Balaban J connectivity index is 1.64. The van der Waals surface area contributed by atoms with Crippen molar-refractivity contribution in [2.24, 2.45) is 0 Å². The first kappa shape index (κ1) is 18.1. The number of anilines is 1. The van der Waals surface area contributed by atoms with E-state index in [4.69, 9.17) is 4.42 Å². The van der Waals surface area contributed by atoms with Crippen LogP contribution in [0, 0.1) is 6.92 Å². The van der Waals surface area contributed by atoms with Gasteiger partial charge in [0.1, 0.15) is 10.7 Å². The Morgan fingerprint density at radius 3 is 2.67 bits per heavy atom. The fourth-order valence-electron chi connectivity index (χ4n) is 3.15. The molecule has 1 aliphatic heterocycles. The lowest BCUT2D eigenvalue weighted by Crippen LogP contribution is -2.28. The van der Waals surface area contributed by atoms with E-state index in [1.807, 2.05) is 24.3 Å². The first-order valence-corrected chi connectivity index (χ1v) is 10.9. The van der Waals surface area contributed by atoms with E-state index in [1.54, 1.807) is 14.0 Å². The Morgan fingerprint density at radius 1 is 1.26 bits per heavy atom. The summed E-state index contributed by atoms with van der Waals surface area (Å²) in [6.45, 7) is 2.57. The maximum Gasteiger partial charge on any atom is 0.295 e. The average Bonchev–Trinajstić information content (AvgIpc) is 3.38. The predicted octanol–water partition coefficient (Wildman–Crippen LogP) is 3.26. The minimum atomic E-state index is -3.64. The minimum absolute atomic E-state index is 0.00738. The molecule has 0 aliphatic carbocycles. The van der Waals surface area contributed by atoms with Crippen LogP contribution in [0.3, 0.4) is 0 Å². The van der Waals surface area contributed by atoms with Crippen LogP contribution in [0.25, 0.3) is 10.2 Å². The van der Waals surface area contributed by atoms with E-state index >= 15 is 0 Å². The van der Waals surface area contributed by atoms with Crippen LogP contribution < -0.4 is 4.90 Å². The van der Waals surface area contributed by atoms with Gasteiger partial charge in [0, 0.05) is 26.2 Å². The van der Waals surface area contributed by atoms with Gasteiger partial charge in [0.05, 0.1) is 10.2 Å². The second-order valence-corrected chi connectivity index (χ2v) is 9.39. The second-order valence-electron chi connectivity index (χ2n) is 6.47. The Hall–Kier alpha value is -2.23. The number of carbonyl (C=O) groups is 1. The second kappa shape index (κ2) is 6.74. The lowest BCUT2D eigenvalue weighted by molar-refractivity contribution is 0.0965. The summed E-state index contributed by atoms with van der Waals surface area (Å²) in [4.78, 5) is 18.7. The number of aryl methyl sites for hydroxylation is 1. The van der Waals surface area contributed by atoms with Gasteiger partial charge in [-0.1, -0.05) is 23.5 Å². The molecule has 0 spiro atoms. The van der Waals surface area contributed by atoms with Crippen molar-refractivity contribution in [3.05, 3.63) is 41.9 Å². The first-order chi connectivity index (χ1) is 12.9. The summed E-state index contributed by atoms with van der Waals surface area (Å²) in [6.07, 6.45) is 1.70. The Morgan fingerprint density at radius 2 is 1.96 bits per heavy atom. The molecule has 0 saturated carbocycles. The zero-order valence-corrected chi connectivity index (χ0v) is 16.6. The summed E-state index contributed by atoms with van der Waals surface area (Å²) in [5, 5.41) is 0.527. The van der Waals surface area contributed by atoms with Gasteiger partial charge in [-0.05, 0) is 31.9 Å². The van der Waals surface area contributed by atoms with Gasteiger partial charge in [-0.15, -0.1) is 0 Å². The van der Waals surface area contributed by atoms with Crippen LogP contribution in [0.2, 0.25) is 0 Å². The van der Waals surface area contributed by atoms with Crippen LogP contribution in [0.1, 0.15) is 29.2 Å². The number of rotatable bonds is 4. The zero-order valence-electron chi connectivity index (χ0n) is 15.0. The van der Waals surface area contributed by atoms with Gasteiger partial charge in [0.25, 0.3) is 5.91 Å². The molecule has 0 bridgehead atoms. The van der Waals surface area contributed by atoms with E-state index in [2.05, 4.69) is 4.98 Å². The monoisotopic (exact) mass is 405 g/mol. The largest absolute Gasteiger partial charge is 0.455 e. The van der Waals surface area contributed by atoms with Crippen LogP contribution >= 0.6 is 11.3 Å². The average molecular weight is 406 g/mol. The number of aromatic nitrogens is 1. The number of thiazole rings is 1. The molecule has 1 aromatic carbocycles. The van der Waals surface area contributed by atoms with Gasteiger partial charge in [-0.2, -0.15) is 4.31 Å². The van der Waals surface area contributed by atoms with Crippen LogP contribution in [0.15, 0.2) is 39.6 Å². The Kier molecular flexibility index (Phi) is 4.53. The van der Waals surface area contributed by atoms with Crippen LogP contribution in [-0.2, 0) is 10.0 Å². The molecule has 1 fully saturated rings. The number of nitrogens with zero attached hydrogens (tertiary/aromatic N) is 3. The molecule has 7 nitrogen and oxygen atoms in total. The highest BCUT2D eigenvalue weighted by atomic mass is 32.2. The molecule has 9 heteroatoms. The SMILES string of the molecule is Cc1oc(C(=O)N(C)c2nc3ccccc3s2)cc1S(=O)(=O)N1CCCC1. The molecule has 0 unspecified atom stereocenters.